The maximum absolute atomic E-state index is 12.5. The second kappa shape index (κ2) is 6.20. The average Bonchev–Trinajstić information content (AvgIpc) is 3.33. The number of aromatic nitrogens is 2. The minimum atomic E-state index is -0.403. The number of hydrogen-bond donors (Lipinski definition) is 1. The van der Waals surface area contributed by atoms with Gasteiger partial charge >= 0.3 is 5.69 Å². The summed E-state index contributed by atoms with van der Waals surface area (Å²) in [6.07, 6.45) is 8.43. The van der Waals surface area contributed by atoms with Crippen molar-refractivity contribution in [2.45, 2.75) is 38.6 Å². The van der Waals surface area contributed by atoms with Crippen molar-refractivity contribution in [3.8, 4) is 0 Å². The number of amides is 1. The third kappa shape index (κ3) is 3.38. The van der Waals surface area contributed by atoms with E-state index in [2.05, 4.69) is 4.98 Å². The Morgan fingerprint density at radius 3 is 2.95 bits per heavy atom. The monoisotopic (exact) mass is 305 g/mol. The molecule has 1 atom stereocenters. The molecule has 2 aliphatic rings. The minimum Gasteiger partial charge on any atom is -0.396 e. The SMILES string of the molecule is O=C(Cn1cccnc1=O)N1CCC[C@@](CO)(CC2CC2)C1. The summed E-state index contributed by atoms with van der Waals surface area (Å²) in [4.78, 5) is 29.6. The van der Waals surface area contributed by atoms with Crippen LogP contribution in [0.5, 0.6) is 0 Å². The average molecular weight is 305 g/mol. The molecular formula is C16H23N3O3. The van der Waals surface area contributed by atoms with Crippen LogP contribution in [-0.4, -0.2) is 45.2 Å². The lowest BCUT2D eigenvalue weighted by Gasteiger charge is -2.42. The topological polar surface area (TPSA) is 75.4 Å². The summed E-state index contributed by atoms with van der Waals surface area (Å²) in [6.45, 7) is 1.48. The molecular weight excluding hydrogens is 282 g/mol. The van der Waals surface area contributed by atoms with E-state index in [1.54, 1.807) is 12.3 Å². The van der Waals surface area contributed by atoms with Gasteiger partial charge in [0.05, 0.1) is 6.61 Å². The molecule has 3 rings (SSSR count). The van der Waals surface area contributed by atoms with Crippen molar-refractivity contribution in [2.24, 2.45) is 11.3 Å². The molecule has 22 heavy (non-hydrogen) atoms. The highest BCUT2D eigenvalue weighted by atomic mass is 16.3. The second-order valence-corrected chi connectivity index (χ2v) is 6.75. The Hall–Kier alpha value is -1.69. The van der Waals surface area contributed by atoms with Crippen molar-refractivity contribution in [1.82, 2.24) is 14.5 Å². The van der Waals surface area contributed by atoms with Crippen LogP contribution in [0.2, 0.25) is 0 Å². The van der Waals surface area contributed by atoms with Crippen LogP contribution in [-0.2, 0) is 11.3 Å². The number of nitrogens with zero attached hydrogens (tertiary/aromatic N) is 3. The molecule has 120 valence electrons. The number of aliphatic hydroxyl groups is 1. The van der Waals surface area contributed by atoms with Gasteiger partial charge in [0, 0.05) is 30.9 Å². The van der Waals surface area contributed by atoms with Gasteiger partial charge in [-0.2, -0.15) is 0 Å². The van der Waals surface area contributed by atoms with Gasteiger partial charge in [0.25, 0.3) is 0 Å². The predicted molar refractivity (Wildman–Crippen MR) is 81.2 cm³/mol. The van der Waals surface area contributed by atoms with Crippen LogP contribution >= 0.6 is 0 Å². The molecule has 2 heterocycles. The highest BCUT2D eigenvalue weighted by Crippen LogP contribution is 2.44. The Morgan fingerprint density at radius 1 is 1.45 bits per heavy atom. The molecule has 1 amide bonds. The van der Waals surface area contributed by atoms with Crippen molar-refractivity contribution in [3.63, 3.8) is 0 Å². The molecule has 0 unspecified atom stereocenters. The summed E-state index contributed by atoms with van der Waals surface area (Å²) in [7, 11) is 0. The zero-order chi connectivity index (χ0) is 15.6. The maximum atomic E-state index is 12.5. The lowest BCUT2D eigenvalue weighted by Crippen LogP contribution is -2.49. The predicted octanol–water partition coefficient (Wildman–Crippen LogP) is 0.644. The Kier molecular flexibility index (Phi) is 4.29. The first kappa shape index (κ1) is 15.2. The smallest absolute Gasteiger partial charge is 0.347 e. The van der Waals surface area contributed by atoms with Crippen molar-refractivity contribution in [3.05, 3.63) is 28.9 Å². The van der Waals surface area contributed by atoms with Gasteiger partial charge < -0.3 is 10.0 Å². The fraction of sp³-hybridized carbons (Fsp3) is 0.688. The number of likely N-dealkylation sites (tertiary alicyclic amines) is 1. The largest absolute Gasteiger partial charge is 0.396 e. The van der Waals surface area contributed by atoms with Crippen LogP contribution in [0.25, 0.3) is 0 Å². The van der Waals surface area contributed by atoms with Crippen molar-refractivity contribution in [1.29, 1.82) is 0 Å². The van der Waals surface area contributed by atoms with Gasteiger partial charge in [-0.3, -0.25) is 9.36 Å². The number of carbonyl (C=O) groups excluding carboxylic acids is 1. The Balaban J connectivity index is 1.67. The zero-order valence-corrected chi connectivity index (χ0v) is 12.8. The quantitative estimate of drug-likeness (QED) is 0.866. The number of aliphatic hydroxyl groups excluding tert-OH is 1. The van der Waals surface area contributed by atoms with Crippen molar-refractivity contribution in [2.75, 3.05) is 19.7 Å². The highest BCUT2D eigenvalue weighted by Gasteiger charge is 2.40. The van der Waals surface area contributed by atoms with Crippen LogP contribution in [0, 0.1) is 11.3 Å². The molecule has 1 aromatic heterocycles. The van der Waals surface area contributed by atoms with Gasteiger partial charge in [0.1, 0.15) is 6.54 Å². The summed E-state index contributed by atoms with van der Waals surface area (Å²) in [5, 5.41) is 9.85. The molecule has 6 heteroatoms. The molecule has 1 aliphatic heterocycles. The van der Waals surface area contributed by atoms with Gasteiger partial charge in [-0.25, -0.2) is 9.78 Å². The first-order valence-corrected chi connectivity index (χ1v) is 8.02. The number of carbonyl (C=O) groups is 1. The fourth-order valence-corrected chi connectivity index (χ4v) is 3.47. The lowest BCUT2D eigenvalue weighted by atomic mass is 9.76. The highest BCUT2D eigenvalue weighted by molar-refractivity contribution is 5.76. The summed E-state index contributed by atoms with van der Waals surface area (Å²) in [5.74, 6) is 0.659. The second-order valence-electron chi connectivity index (χ2n) is 6.75. The molecule has 1 N–H and O–H groups in total. The summed E-state index contributed by atoms with van der Waals surface area (Å²) < 4.78 is 1.33. The molecule has 1 aliphatic carbocycles. The van der Waals surface area contributed by atoms with E-state index >= 15 is 0 Å². The lowest BCUT2D eigenvalue weighted by molar-refractivity contribution is -0.136. The third-order valence-corrected chi connectivity index (χ3v) is 4.86. The zero-order valence-electron chi connectivity index (χ0n) is 12.8. The minimum absolute atomic E-state index is 0.0254. The molecule has 1 saturated carbocycles. The third-order valence-electron chi connectivity index (χ3n) is 4.86. The van der Waals surface area contributed by atoms with Gasteiger partial charge in [0.15, 0.2) is 0 Å². The molecule has 1 saturated heterocycles. The summed E-state index contributed by atoms with van der Waals surface area (Å²) in [6, 6.07) is 1.65. The van der Waals surface area contributed by atoms with Crippen LogP contribution in [0.15, 0.2) is 23.3 Å². The van der Waals surface area contributed by atoms with Gasteiger partial charge in [-0.1, -0.05) is 12.8 Å². The van der Waals surface area contributed by atoms with E-state index in [1.807, 2.05) is 4.90 Å². The number of rotatable bonds is 5. The molecule has 6 nitrogen and oxygen atoms in total. The first-order valence-electron chi connectivity index (χ1n) is 8.02. The van der Waals surface area contributed by atoms with Crippen LogP contribution in [0.1, 0.15) is 32.1 Å². The van der Waals surface area contributed by atoms with E-state index in [0.29, 0.717) is 13.1 Å². The molecule has 1 aromatic rings. The van der Waals surface area contributed by atoms with Crippen molar-refractivity contribution < 1.29 is 9.90 Å². The van der Waals surface area contributed by atoms with E-state index < -0.39 is 5.69 Å². The molecule has 0 spiro atoms. The first-order chi connectivity index (χ1) is 10.6. The van der Waals surface area contributed by atoms with E-state index in [0.717, 1.165) is 25.2 Å². The normalized spacial score (nSPS) is 25.2. The maximum Gasteiger partial charge on any atom is 0.347 e. The summed E-state index contributed by atoms with van der Waals surface area (Å²) >= 11 is 0. The fourth-order valence-electron chi connectivity index (χ4n) is 3.47. The van der Waals surface area contributed by atoms with E-state index in [-0.39, 0.29) is 24.5 Å². The number of hydrogen-bond acceptors (Lipinski definition) is 4. The van der Waals surface area contributed by atoms with Crippen molar-refractivity contribution >= 4 is 5.91 Å². The van der Waals surface area contributed by atoms with Crippen LogP contribution < -0.4 is 5.69 Å². The Labute approximate surface area is 129 Å². The molecule has 0 radical (unpaired) electrons. The molecule has 2 fully saturated rings. The molecule has 0 bridgehead atoms. The Bertz CT molecular complexity index is 596. The Morgan fingerprint density at radius 2 is 2.27 bits per heavy atom. The standard InChI is InChI=1S/C16H23N3O3/c20-12-16(9-13-3-4-13)5-1-7-19(11-16)14(21)10-18-8-2-6-17-15(18)22/h2,6,8,13,20H,1,3-5,7,9-12H2/t16-/m1/s1. The van der Waals surface area contributed by atoms with E-state index in [9.17, 15) is 14.7 Å². The van der Waals surface area contributed by atoms with E-state index in [1.165, 1.54) is 23.6 Å². The van der Waals surface area contributed by atoms with Gasteiger partial charge in [0.2, 0.25) is 5.91 Å². The van der Waals surface area contributed by atoms with Gasteiger partial charge in [-0.15, -0.1) is 0 Å². The summed E-state index contributed by atoms with van der Waals surface area (Å²) in [5.41, 5.74) is -0.547. The molecule has 0 aromatic carbocycles. The van der Waals surface area contributed by atoms with Crippen LogP contribution in [0.3, 0.4) is 0 Å². The van der Waals surface area contributed by atoms with Crippen LogP contribution in [0.4, 0.5) is 0 Å². The van der Waals surface area contributed by atoms with E-state index in [4.69, 9.17) is 0 Å². The number of piperidine rings is 1. The van der Waals surface area contributed by atoms with Gasteiger partial charge in [-0.05, 0) is 31.2 Å².